The van der Waals surface area contributed by atoms with Gasteiger partial charge in [0.2, 0.25) is 5.78 Å². The molecule has 0 bridgehead atoms. The molecule has 0 aliphatic carbocycles. The Morgan fingerprint density at radius 1 is 1.08 bits per heavy atom. The van der Waals surface area contributed by atoms with Crippen LogP contribution in [0.5, 0.6) is 11.5 Å². The molecule has 3 aromatic carbocycles. The number of ether oxygens (including phenoxy) is 2. The fraction of sp³-hybridized carbons (Fsp3) is 0.207. The molecule has 0 radical (unpaired) electrons. The Bertz CT molecular complexity index is 1570. The maximum absolute atomic E-state index is 13.4. The van der Waals surface area contributed by atoms with Crippen LogP contribution >= 0.6 is 23.2 Å². The SMILES string of the molecule is Cc1c2c(cc3c1O/C(=C\c1cn(C)c4ccccc14)C3=O)CN(CCc1ccc(Cl)cc1Cl)CO2. The summed E-state index contributed by atoms with van der Waals surface area (Å²) in [6, 6.07) is 15.6. The van der Waals surface area contributed by atoms with Gasteiger partial charge in [-0.2, -0.15) is 0 Å². The molecule has 0 atom stereocenters. The number of para-hydroxylation sites is 1. The topological polar surface area (TPSA) is 43.7 Å². The van der Waals surface area contributed by atoms with Crippen molar-refractivity contribution in [3.05, 3.63) is 98.3 Å². The summed E-state index contributed by atoms with van der Waals surface area (Å²) in [7, 11) is 2.00. The molecule has 6 rings (SSSR count). The van der Waals surface area contributed by atoms with Gasteiger partial charge in [0, 0.05) is 64.0 Å². The number of hydrogen-bond donors (Lipinski definition) is 0. The number of aromatic nitrogens is 1. The average Bonchev–Trinajstić information content (AvgIpc) is 3.35. The minimum atomic E-state index is -0.103. The summed E-state index contributed by atoms with van der Waals surface area (Å²) in [6.45, 7) is 3.87. The van der Waals surface area contributed by atoms with Crippen molar-refractivity contribution < 1.29 is 14.3 Å². The van der Waals surface area contributed by atoms with Crippen LogP contribution in [0.2, 0.25) is 10.0 Å². The van der Waals surface area contributed by atoms with E-state index in [1.165, 1.54) is 0 Å². The first-order valence-electron chi connectivity index (χ1n) is 11.8. The van der Waals surface area contributed by atoms with Crippen LogP contribution in [0.4, 0.5) is 0 Å². The number of rotatable bonds is 4. The molecule has 2 aliphatic rings. The van der Waals surface area contributed by atoms with E-state index in [1.54, 1.807) is 6.07 Å². The number of benzene rings is 3. The quantitative estimate of drug-likeness (QED) is 0.278. The number of halogens is 2. The normalized spacial score (nSPS) is 16.2. The van der Waals surface area contributed by atoms with Gasteiger partial charge in [0.15, 0.2) is 5.76 Å². The summed E-state index contributed by atoms with van der Waals surface area (Å²) in [5, 5.41) is 2.38. The van der Waals surface area contributed by atoms with Crippen LogP contribution in [0.15, 0.2) is 60.5 Å². The smallest absolute Gasteiger partial charge is 0.231 e. The molecule has 0 saturated heterocycles. The fourth-order valence-corrected chi connectivity index (χ4v) is 5.58. The van der Waals surface area contributed by atoms with Crippen molar-refractivity contribution in [2.75, 3.05) is 13.3 Å². The summed E-state index contributed by atoms with van der Waals surface area (Å²) in [6.07, 6.45) is 4.63. The van der Waals surface area contributed by atoms with Gasteiger partial charge in [0.25, 0.3) is 0 Å². The molecule has 3 heterocycles. The van der Waals surface area contributed by atoms with E-state index in [1.807, 2.05) is 56.6 Å². The first-order valence-corrected chi connectivity index (χ1v) is 12.6. The number of Topliss-reactive ketones (excluding diaryl/α,β-unsaturated/α-hetero) is 1. The molecule has 4 aromatic rings. The Morgan fingerprint density at radius 3 is 2.75 bits per heavy atom. The maximum atomic E-state index is 13.4. The second-order valence-electron chi connectivity index (χ2n) is 9.33. The molecule has 0 N–H and O–H groups in total. The zero-order valence-electron chi connectivity index (χ0n) is 20.0. The molecule has 0 spiro atoms. The van der Waals surface area contributed by atoms with Crippen LogP contribution in [0.25, 0.3) is 17.0 Å². The lowest BCUT2D eigenvalue weighted by molar-refractivity contribution is 0.0954. The van der Waals surface area contributed by atoms with E-state index in [4.69, 9.17) is 32.7 Å². The Labute approximate surface area is 219 Å². The number of aryl methyl sites for hydroxylation is 1. The predicted molar refractivity (Wildman–Crippen MR) is 143 cm³/mol. The Morgan fingerprint density at radius 2 is 1.92 bits per heavy atom. The van der Waals surface area contributed by atoms with Gasteiger partial charge in [0.1, 0.15) is 18.2 Å². The van der Waals surface area contributed by atoms with E-state index in [0.29, 0.717) is 40.4 Å². The van der Waals surface area contributed by atoms with Gasteiger partial charge >= 0.3 is 0 Å². The number of carbonyl (C=O) groups excluding carboxylic acids is 1. The molecule has 1 aromatic heterocycles. The summed E-state index contributed by atoms with van der Waals surface area (Å²) in [5.41, 5.74) is 5.54. The van der Waals surface area contributed by atoms with Gasteiger partial charge in [0.05, 0.1) is 5.56 Å². The van der Waals surface area contributed by atoms with Crippen molar-refractivity contribution in [1.29, 1.82) is 0 Å². The number of nitrogens with zero attached hydrogens (tertiary/aromatic N) is 2. The van der Waals surface area contributed by atoms with Gasteiger partial charge in [-0.25, -0.2) is 0 Å². The summed E-state index contributed by atoms with van der Waals surface area (Å²) in [4.78, 5) is 15.6. The van der Waals surface area contributed by atoms with Crippen LogP contribution < -0.4 is 9.47 Å². The molecule has 0 saturated carbocycles. The number of fused-ring (bicyclic) bond motifs is 3. The van der Waals surface area contributed by atoms with Crippen LogP contribution in [0.1, 0.15) is 32.6 Å². The highest BCUT2D eigenvalue weighted by Gasteiger charge is 2.33. The number of hydrogen-bond acceptors (Lipinski definition) is 4. The minimum Gasteiger partial charge on any atom is -0.477 e. The third-order valence-corrected chi connectivity index (χ3v) is 7.52. The predicted octanol–water partition coefficient (Wildman–Crippen LogP) is 6.80. The van der Waals surface area contributed by atoms with E-state index < -0.39 is 0 Å². The molecule has 182 valence electrons. The first-order chi connectivity index (χ1) is 17.4. The number of carbonyl (C=O) groups is 1. The second-order valence-corrected chi connectivity index (χ2v) is 10.2. The summed E-state index contributed by atoms with van der Waals surface area (Å²) in [5.74, 6) is 1.62. The molecule has 0 fully saturated rings. The fourth-order valence-electron chi connectivity index (χ4n) is 5.07. The van der Waals surface area contributed by atoms with E-state index in [0.717, 1.165) is 51.9 Å². The molecule has 2 aliphatic heterocycles. The van der Waals surface area contributed by atoms with Crippen molar-refractivity contribution in [1.82, 2.24) is 9.47 Å². The molecule has 0 amide bonds. The average molecular weight is 519 g/mol. The van der Waals surface area contributed by atoms with Crippen molar-refractivity contribution in [3.8, 4) is 11.5 Å². The van der Waals surface area contributed by atoms with Gasteiger partial charge in [-0.1, -0.05) is 47.5 Å². The molecule has 7 heteroatoms. The monoisotopic (exact) mass is 518 g/mol. The zero-order chi connectivity index (χ0) is 25.0. The lowest BCUT2D eigenvalue weighted by Crippen LogP contribution is -2.34. The Balaban J connectivity index is 1.25. The molecular formula is C29H24Cl2N2O3. The van der Waals surface area contributed by atoms with Gasteiger partial charge in [-0.05, 0) is 49.2 Å². The highest BCUT2D eigenvalue weighted by molar-refractivity contribution is 6.35. The second kappa shape index (κ2) is 9.00. The molecule has 5 nitrogen and oxygen atoms in total. The van der Waals surface area contributed by atoms with Crippen LogP contribution in [-0.4, -0.2) is 28.5 Å². The standard InChI is InChI=1S/C29H24Cl2N2O3/c1-17-28-20(15-33(16-35-28)10-9-18-7-8-21(30)13-24(18)31)11-23-27(34)26(36-29(17)23)12-19-14-32(2)25-6-4-3-5-22(19)25/h3-8,11-14H,9-10,15-16H2,1-2H3/b26-12-. The van der Waals surface area contributed by atoms with E-state index in [2.05, 4.69) is 21.6 Å². The molecule has 0 unspecified atom stereocenters. The minimum absolute atomic E-state index is 0.103. The van der Waals surface area contributed by atoms with Crippen LogP contribution in [-0.2, 0) is 20.0 Å². The molecule has 36 heavy (non-hydrogen) atoms. The third-order valence-electron chi connectivity index (χ3n) is 6.93. The first kappa shape index (κ1) is 23.2. The third kappa shape index (κ3) is 3.97. The summed E-state index contributed by atoms with van der Waals surface area (Å²) < 4.78 is 14.3. The van der Waals surface area contributed by atoms with Crippen LogP contribution in [0, 0.1) is 6.92 Å². The van der Waals surface area contributed by atoms with Crippen molar-refractivity contribution in [2.45, 2.75) is 19.9 Å². The van der Waals surface area contributed by atoms with Gasteiger partial charge < -0.3 is 14.0 Å². The lowest BCUT2D eigenvalue weighted by Gasteiger charge is -2.30. The lowest BCUT2D eigenvalue weighted by atomic mass is 9.99. The highest BCUT2D eigenvalue weighted by Crippen LogP contribution is 2.43. The van der Waals surface area contributed by atoms with E-state index in [-0.39, 0.29) is 5.78 Å². The largest absolute Gasteiger partial charge is 0.477 e. The Kier molecular flexibility index (Phi) is 5.79. The van der Waals surface area contributed by atoms with E-state index >= 15 is 0 Å². The van der Waals surface area contributed by atoms with Crippen molar-refractivity contribution >= 4 is 46.0 Å². The van der Waals surface area contributed by atoms with Crippen molar-refractivity contribution in [2.24, 2.45) is 7.05 Å². The number of ketones is 1. The van der Waals surface area contributed by atoms with Gasteiger partial charge in [-0.3, -0.25) is 9.69 Å². The van der Waals surface area contributed by atoms with Gasteiger partial charge in [-0.15, -0.1) is 0 Å². The number of allylic oxidation sites excluding steroid dienone is 1. The van der Waals surface area contributed by atoms with Crippen LogP contribution in [0.3, 0.4) is 0 Å². The highest BCUT2D eigenvalue weighted by atomic mass is 35.5. The Hall–Kier alpha value is -3.25. The van der Waals surface area contributed by atoms with E-state index in [9.17, 15) is 4.79 Å². The molecular weight excluding hydrogens is 495 g/mol. The maximum Gasteiger partial charge on any atom is 0.231 e. The van der Waals surface area contributed by atoms with Crippen molar-refractivity contribution in [3.63, 3.8) is 0 Å². The zero-order valence-corrected chi connectivity index (χ0v) is 21.5. The summed E-state index contributed by atoms with van der Waals surface area (Å²) >= 11 is 12.4.